The number of rotatable bonds is 16. The van der Waals surface area contributed by atoms with Crippen molar-refractivity contribution in [1.29, 1.82) is 0 Å². The number of methoxy groups -OCH3 is 3. The van der Waals surface area contributed by atoms with Crippen LogP contribution < -0.4 is 41.3 Å². The molecule has 0 spiro atoms. The average molecular weight is 1540 g/mol. The van der Waals surface area contributed by atoms with Crippen molar-refractivity contribution in [3.8, 4) is 67.7 Å². The van der Waals surface area contributed by atoms with Gasteiger partial charge in [0.15, 0.2) is 11.6 Å². The lowest BCUT2D eigenvalue weighted by atomic mass is 10.0. The molecule has 0 atom stereocenters. The smallest absolute Gasteiger partial charge is 0.263 e. The number of pyridine rings is 3. The molecule has 0 unspecified atom stereocenters. The number of fused-ring (bicyclic) bond motifs is 3. The predicted octanol–water partition coefficient (Wildman–Crippen LogP) is 17.1. The Kier molecular flexibility index (Phi) is 22.5. The molecule has 29 heteroatoms. The zero-order valence-electron chi connectivity index (χ0n) is 56.5. The highest BCUT2D eigenvalue weighted by Crippen LogP contribution is 2.39. The molecule has 10 aromatic carbocycles. The zero-order chi connectivity index (χ0) is 76.6. The molecule has 19 nitrogen and oxygen atoms in total. The minimum Gasteiger partial charge on any atom is -0.495 e. The molecule has 0 bridgehead atoms. The minimum absolute atomic E-state index is 0.0127. The summed E-state index contributed by atoms with van der Waals surface area (Å²) in [6.45, 7) is 0. The summed E-state index contributed by atoms with van der Waals surface area (Å²) in [6, 6.07) is 60.0. The first-order valence-corrected chi connectivity index (χ1v) is 36.8. The van der Waals surface area contributed by atoms with E-state index in [0.29, 0.717) is 55.6 Å². The second kappa shape index (κ2) is 32.4. The van der Waals surface area contributed by atoms with E-state index in [9.17, 15) is 44.4 Å². The molecule has 108 heavy (non-hydrogen) atoms. The molecule has 15 rings (SSSR count). The summed E-state index contributed by atoms with van der Waals surface area (Å²) >= 11 is 1.70. The van der Waals surface area contributed by atoms with Gasteiger partial charge in [0.1, 0.15) is 64.7 Å². The van der Waals surface area contributed by atoms with E-state index >= 15 is 13.2 Å². The number of halogens is 7. The van der Waals surface area contributed by atoms with Gasteiger partial charge in [-0.2, -0.15) is 0 Å². The fourth-order valence-corrected chi connectivity index (χ4v) is 14.2. The highest BCUT2D eigenvalue weighted by molar-refractivity contribution is 8.13. The van der Waals surface area contributed by atoms with Gasteiger partial charge in [-0.05, 0) is 155 Å². The lowest BCUT2D eigenvalue weighted by Crippen LogP contribution is -2.19. The summed E-state index contributed by atoms with van der Waals surface area (Å²) < 4.78 is 167. The standard InChI is InChI=1S/C29H21F2NO2S.C25H17F2N3O5S.C22H14ClF2NO4S.C3H4N2O/c1-34-28-16-24(20-8-5-9-22(30)14-20)25(31)17-27(28)32-26-12-11-23(15-21(26)10-13-29(32)33)35-18-19-6-3-2-4-7-19;1-34-23-13-19(15-3-2-4-17(26)11-15)20(27)14-22(23)30-21-7-6-18(12-16(21)5-8-25(30)31)36(32,33)29-24-9-10-35-28-24;1-30-21-11-17(13-3-2-4-15(24)9-13)18(25)12-20(21)26-19-7-6-16(31(23,28)29)10-14(19)5-8-22(26)27;4-3-1-2-6-5-3/h2-17H,18H2,1H3;2-14H,1H3,(H,28,29);2-12H,1H3;1-2H,(H2,4,5). The minimum atomic E-state index is -4.00. The number of hydrogen-bond acceptors (Lipinski definition) is 16. The first-order valence-electron chi connectivity index (χ1n) is 32.0. The van der Waals surface area contributed by atoms with E-state index in [-0.39, 0.29) is 66.4 Å². The SMILES string of the molecule is COc1cc(-c2cccc(F)c2)c(F)cc1-n1c(=O)ccc2cc(S(=O)(=O)Cl)ccc21.COc1cc(-c2cccc(F)c2)c(F)cc1-n1c(=O)ccc2cc(S(=O)(=O)Nc3ccon3)ccc21.COc1cc(-c2cccc(F)c2)c(F)cc1-n1c(=O)ccc2cc(SCc3ccccc3)ccc21.Nc1ccon1. The molecule has 5 aromatic heterocycles. The number of nitrogens with one attached hydrogen (secondary N) is 1. The van der Waals surface area contributed by atoms with E-state index in [0.717, 1.165) is 28.2 Å². The van der Waals surface area contributed by atoms with Gasteiger partial charge >= 0.3 is 0 Å². The van der Waals surface area contributed by atoms with Crippen molar-refractivity contribution in [2.24, 2.45) is 0 Å². The molecule has 0 amide bonds. The maximum atomic E-state index is 15.2. The van der Waals surface area contributed by atoms with Crippen LogP contribution in [0.5, 0.6) is 17.2 Å². The molecule has 5 heterocycles. The van der Waals surface area contributed by atoms with Crippen molar-refractivity contribution < 1.29 is 66.4 Å². The number of anilines is 2. The Morgan fingerprint density at radius 2 is 0.852 bits per heavy atom. The van der Waals surface area contributed by atoms with Crippen LogP contribution in [0.2, 0.25) is 0 Å². The molecule has 15 aromatic rings. The summed E-state index contributed by atoms with van der Waals surface area (Å²) in [5, 5.41) is 8.50. The maximum absolute atomic E-state index is 15.2. The zero-order valence-corrected chi connectivity index (χ0v) is 59.7. The van der Waals surface area contributed by atoms with Crippen LogP contribution in [-0.4, -0.2) is 62.2 Å². The van der Waals surface area contributed by atoms with Gasteiger partial charge in [-0.15, -0.1) is 11.8 Å². The Labute approximate surface area is 619 Å². The third-order valence-electron chi connectivity index (χ3n) is 16.5. The molecule has 0 saturated carbocycles. The summed E-state index contributed by atoms with van der Waals surface area (Å²) in [7, 11) is 1.63. The predicted molar refractivity (Wildman–Crippen MR) is 402 cm³/mol. The van der Waals surface area contributed by atoms with Crippen LogP contribution in [0.15, 0.2) is 293 Å². The highest BCUT2D eigenvalue weighted by atomic mass is 35.7. The number of thioether (sulfide) groups is 1. The van der Waals surface area contributed by atoms with Crippen LogP contribution in [0, 0.1) is 34.9 Å². The van der Waals surface area contributed by atoms with E-state index in [4.69, 9.17) is 30.6 Å². The second-order valence-electron chi connectivity index (χ2n) is 23.4. The second-order valence-corrected chi connectivity index (χ2v) is 28.6. The topological polar surface area (TPSA) is 252 Å². The third-order valence-corrected chi connectivity index (χ3v) is 20.3. The summed E-state index contributed by atoms with van der Waals surface area (Å²) in [5.41, 5.74) is 8.18. The van der Waals surface area contributed by atoms with Crippen molar-refractivity contribution >= 4 is 85.9 Å². The van der Waals surface area contributed by atoms with Gasteiger partial charge in [-0.25, -0.2) is 43.2 Å². The van der Waals surface area contributed by atoms with Crippen molar-refractivity contribution in [3.05, 3.63) is 327 Å². The van der Waals surface area contributed by atoms with Crippen molar-refractivity contribution in [2.75, 3.05) is 31.8 Å². The Hall–Kier alpha value is -12.6. The van der Waals surface area contributed by atoms with Crippen molar-refractivity contribution in [3.63, 3.8) is 0 Å². The molecule has 0 aliphatic carbocycles. The normalized spacial score (nSPS) is 11.2. The van der Waals surface area contributed by atoms with E-state index in [1.54, 1.807) is 42.1 Å². The van der Waals surface area contributed by atoms with Crippen molar-refractivity contribution in [1.82, 2.24) is 24.0 Å². The number of sulfonamides is 1. The fourth-order valence-electron chi connectivity index (χ4n) is 11.5. The lowest BCUT2D eigenvalue weighted by molar-refractivity contribution is 0.412. The van der Waals surface area contributed by atoms with E-state index in [2.05, 4.69) is 36.2 Å². The summed E-state index contributed by atoms with van der Waals surface area (Å²) in [6.07, 6.45) is 2.65. The Morgan fingerprint density at radius 3 is 1.23 bits per heavy atom. The monoisotopic (exact) mass is 1540 g/mol. The number of aromatic nitrogens is 5. The fraction of sp³-hybridized carbons (Fsp3) is 0.0506. The molecule has 0 fully saturated rings. The molecule has 0 aliphatic rings. The Balaban J connectivity index is 0.000000146. The number of ether oxygens (including phenoxy) is 3. The van der Waals surface area contributed by atoms with E-state index < -0.39 is 65.1 Å². The Morgan fingerprint density at radius 1 is 0.444 bits per heavy atom. The first kappa shape index (κ1) is 75.1. The number of benzene rings is 10. The van der Waals surface area contributed by atoms with Crippen LogP contribution in [-0.2, 0) is 24.8 Å². The van der Waals surface area contributed by atoms with E-state index in [1.165, 1.54) is 205 Å². The molecule has 3 N–H and O–H groups in total. The number of hydrogen-bond donors (Lipinski definition) is 2. The highest BCUT2D eigenvalue weighted by Gasteiger charge is 2.24. The molecular weight excluding hydrogens is 1480 g/mol. The maximum Gasteiger partial charge on any atom is 0.263 e. The van der Waals surface area contributed by atoms with Crippen molar-refractivity contribution in [2.45, 2.75) is 20.4 Å². The molecule has 0 saturated heterocycles. The third kappa shape index (κ3) is 16.9. The quantitative estimate of drug-likeness (QED) is 0.0518. The molecule has 0 aliphatic heterocycles. The first-order chi connectivity index (χ1) is 51.9. The van der Waals surface area contributed by atoms with Gasteiger partial charge in [0.25, 0.3) is 35.8 Å². The summed E-state index contributed by atoms with van der Waals surface area (Å²) in [4.78, 5) is 39.4. The van der Waals surface area contributed by atoms with Gasteiger partial charge in [0.05, 0.1) is 64.7 Å². The largest absolute Gasteiger partial charge is 0.495 e. The molecule has 546 valence electrons. The molecule has 0 radical (unpaired) electrons. The lowest BCUT2D eigenvalue weighted by Gasteiger charge is -2.16. The van der Waals surface area contributed by atoms with Gasteiger partial charge in [-0.3, -0.25) is 32.8 Å². The van der Waals surface area contributed by atoms with Crippen LogP contribution in [0.1, 0.15) is 5.56 Å². The number of nitrogen functional groups attached to an aromatic ring is 1. The average Bonchev–Trinajstić information content (AvgIpc) is 1.04. The van der Waals surface area contributed by atoms with Gasteiger partial charge in [0.2, 0.25) is 0 Å². The summed E-state index contributed by atoms with van der Waals surface area (Å²) in [5.74, 6) is -1.57. The Bertz CT molecular complexity index is 6320. The number of nitrogens with zero attached hydrogens (tertiary/aromatic N) is 5. The number of nitrogens with two attached hydrogens (primary N) is 1. The molecular formula is C79H56ClF6N7O12S3. The van der Waals surface area contributed by atoms with Crippen LogP contribution in [0.25, 0.3) is 83.2 Å². The van der Waals surface area contributed by atoms with Crippen LogP contribution >= 0.6 is 22.4 Å². The van der Waals surface area contributed by atoms with Gasteiger partial charge in [0, 0.05) is 97.3 Å². The van der Waals surface area contributed by atoms with Gasteiger partial charge in [-0.1, -0.05) is 77.0 Å². The van der Waals surface area contributed by atoms with E-state index in [1.807, 2.05) is 36.4 Å². The van der Waals surface area contributed by atoms with Crippen LogP contribution in [0.3, 0.4) is 0 Å². The van der Waals surface area contributed by atoms with Gasteiger partial charge < -0.3 is 29.0 Å². The van der Waals surface area contributed by atoms with Crippen LogP contribution in [0.4, 0.5) is 38.0 Å².